The molecule has 5 heteroatoms. The number of carboxylic acids is 1. The van der Waals surface area contributed by atoms with Crippen molar-refractivity contribution in [3.05, 3.63) is 17.0 Å². The van der Waals surface area contributed by atoms with Crippen molar-refractivity contribution in [2.45, 2.75) is 26.4 Å². The smallest absolute Gasteiger partial charge is 0.332 e. The third-order valence-corrected chi connectivity index (χ3v) is 1.86. The number of aromatic nitrogens is 1. The van der Waals surface area contributed by atoms with E-state index in [1.54, 1.807) is 13.8 Å². The molecule has 1 heterocycles. The molecule has 1 atom stereocenters. The van der Waals surface area contributed by atoms with Crippen LogP contribution in [0.3, 0.4) is 0 Å². The van der Waals surface area contributed by atoms with Crippen LogP contribution in [0.25, 0.3) is 0 Å². The van der Waals surface area contributed by atoms with Gasteiger partial charge in [-0.3, -0.25) is 0 Å². The minimum absolute atomic E-state index is 0.0382. The first kappa shape index (κ1) is 9.73. The summed E-state index contributed by atoms with van der Waals surface area (Å²) in [5.41, 5.74) is 1.28. The van der Waals surface area contributed by atoms with Crippen molar-refractivity contribution < 1.29 is 19.5 Å². The molecule has 0 saturated heterocycles. The molecule has 5 nitrogen and oxygen atoms in total. The lowest BCUT2D eigenvalue weighted by atomic mass is 10.1. The Hall–Kier alpha value is -1.36. The molecule has 2 N–H and O–H groups in total. The second kappa shape index (κ2) is 3.57. The summed E-state index contributed by atoms with van der Waals surface area (Å²) in [5.74, 6) is -0.683. The Morgan fingerprint density at radius 3 is 2.62 bits per heavy atom. The standard InChI is InChI=1S/C8H11NO4/c1-4-6(5(2)13-9-4)3-7(10)8(11)12/h7,10H,3H2,1-2H3,(H,11,12). The van der Waals surface area contributed by atoms with E-state index in [9.17, 15) is 4.79 Å². The van der Waals surface area contributed by atoms with E-state index in [1.807, 2.05) is 0 Å². The van der Waals surface area contributed by atoms with E-state index >= 15 is 0 Å². The molecular weight excluding hydrogens is 174 g/mol. The molecule has 1 rings (SSSR count). The van der Waals surface area contributed by atoms with Crippen molar-refractivity contribution in [1.29, 1.82) is 0 Å². The van der Waals surface area contributed by atoms with E-state index in [1.165, 1.54) is 0 Å². The zero-order valence-electron chi connectivity index (χ0n) is 7.44. The molecule has 0 aliphatic carbocycles. The molecule has 1 aromatic rings. The maximum absolute atomic E-state index is 10.3. The van der Waals surface area contributed by atoms with Crippen LogP contribution in [0, 0.1) is 13.8 Å². The zero-order chi connectivity index (χ0) is 10.0. The van der Waals surface area contributed by atoms with Crippen LogP contribution in [0.4, 0.5) is 0 Å². The van der Waals surface area contributed by atoms with Crippen molar-refractivity contribution in [3.63, 3.8) is 0 Å². The van der Waals surface area contributed by atoms with Crippen LogP contribution in [-0.2, 0) is 11.2 Å². The molecule has 0 bridgehead atoms. The minimum Gasteiger partial charge on any atom is -0.479 e. The Kier molecular flexibility index (Phi) is 2.67. The summed E-state index contributed by atoms with van der Waals surface area (Å²) in [5, 5.41) is 21.2. The Morgan fingerprint density at radius 1 is 1.62 bits per heavy atom. The zero-order valence-corrected chi connectivity index (χ0v) is 7.44. The number of hydrogen-bond acceptors (Lipinski definition) is 4. The van der Waals surface area contributed by atoms with Crippen LogP contribution in [-0.4, -0.2) is 27.4 Å². The Labute approximate surface area is 75.0 Å². The summed E-state index contributed by atoms with van der Waals surface area (Å²) in [6.07, 6.45) is -1.35. The first-order chi connectivity index (χ1) is 6.02. The molecule has 72 valence electrons. The predicted molar refractivity (Wildman–Crippen MR) is 43.3 cm³/mol. The van der Waals surface area contributed by atoms with Gasteiger partial charge in [-0.05, 0) is 13.8 Å². The van der Waals surface area contributed by atoms with Crippen LogP contribution < -0.4 is 0 Å². The number of aliphatic hydroxyl groups excluding tert-OH is 1. The third-order valence-electron chi connectivity index (χ3n) is 1.86. The molecular formula is C8H11NO4. The lowest BCUT2D eigenvalue weighted by Gasteiger charge is -2.03. The van der Waals surface area contributed by atoms with Gasteiger partial charge in [0.25, 0.3) is 0 Å². The SMILES string of the molecule is Cc1noc(C)c1CC(O)C(=O)O. The first-order valence-corrected chi connectivity index (χ1v) is 3.85. The van der Waals surface area contributed by atoms with Gasteiger partial charge in [0.05, 0.1) is 5.69 Å². The van der Waals surface area contributed by atoms with Crippen LogP contribution in [0.2, 0.25) is 0 Å². The molecule has 0 amide bonds. The van der Waals surface area contributed by atoms with Crippen LogP contribution >= 0.6 is 0 Å². The highest BCUT2D eigenvalue weighted by molar-refractivity contribution is 5.72. The van der Waals surface area contributed by atoms with E-state index in [0.29, 0.717) is 17.0 Å². The lowest BCUT2D eigenvalue weighted by Crippen LogP contribution is -2.22. The summed E-state index contributed by atoms with van der Waals surface area (Å²) in [6.45, 7) is 3.39. The van der Waals surface area contributed by atoms with Gasteiger partial charge in [0.15, 0.2) is 6.10 Å². The number of nitrogens with zero attached hydrogens (tertiary/aromatic N) is 1. The third kappa shape index (κ3) is 2.06. The van der Waals surface area contributed by atoms with Gasteiger partial charge in [-0.25, -0.2) is 4.79 Å². The number of aliphatic carboxylic acids is 1. The fraction of sp³-hybridized carbons (Fsp3) is 0.500. The van der Waals surface area contributed by atoms with Crippen molar-refractivity contribution in [2.24, 2.45) is 0 Å². The highest BCUT2D eigenvalue weighted by Gasteiger charge is 2.18. The molecule has 0 aliphatic rings. The maximum Gasteiger partial charge on any atom is 0.332 e. The summed E-state index contributed by atoms with van der Waals surface area (Å²) >= 11 is 0. The quantitative estimate of drug-likeness (QED) is 0.706. The van der Waals surface area contributed by atoms with E-state index in [0.717, 1.165) is 0 Å². The fourth-order valence-corrected chi connectivity index (χ4v) is 1.07. The van der Waals surface area contributed by atoms with Crippen LogP contribution in [0.5, 0.6) is 0 Å². The Bertz CT molecular complexity index is 298. The number of carbonyl (C=O) groups is 1. The van der Waals surface area contributed by atoms with Crippen molar-refractivity contribution in [3.8, 4) is 0 Å². The molecule has 0 saturated carbocycles. The number of aliphatic hydroxyl groups is 1. The molecule has 13 heavy (non-hydrogen) atoms. The molecule has 0 aromatic carbocycles. The molecule has 0 radical (unpaired) electrons. The van der Waals surface area contributed by atoms with Gasteiger partial charge in [-0.1, -0.05) is 5.16 Å². The van der Waals surface area contributed by atoms with Gasteiger partial charge in [-0.2, -0.15) is 0 Å². The van der Waals surface area contributed by atoms with Crippen molar-refractivity contribution in [2.75, 3.05) is 0 Å². The molecule has 0 spiro atoms. The maximum atomic E-state index is 10.3. The van der Waals surface area contributed by atoms with Crippen LogP contribution in [0.1, 0.15) is 17.0 Å². The van der Waals surface area contributed by atoms with E-state index in [-0.39, 0.29) is 6.42 Å². The average molecular weight is 185 g/mol. The highest BCUT2D eigenvalue weighted by atomic mass is 16.5. The number of hydrogen-bond donors (Lipinski definition) is 2. The van der Waals surface area contributed by atoms with Gasteiger partial charge in [0.2, 0.25) is 0 Å². The second-order valence-corrected chi connectivity index (χ2v) is 2.86. The number of aryl methyl sites for hydroxylation is 2. The van der Waals surface area contributed by atoms with Gasteiger partial charge in [0, 0.05) is 12.0 Å². The van der Waals surface area contributed by atoms with Gasteiger partial charge < -0.3 is 14.7 Å². The van der Waals surface area contributed by atoms with E-state index in [2.05, 4.69) is 5.16 Å². The Morgan fingerprint density at radius 2 is 2.23 bits per heavy atom. The monoisotopic (exact) mass is 185 g/mol. The van der Waals surface area contributed by atoms with Gasteiger partial charge in [0.1, 0.15) is 5.76 Å². The molecule has 0 fully saturated rings. The van der Waals surface area contributed by atoms with Crippen LogP contribution in [0.15, 0.2) is 4.52 Å². The van der Waals surface area contributed by atoms with E-state index in [4.69, 9.17) is 14.7 Å². The second-order valence-electron chi connectivity index (χ2n) is 2.86. The summed E-state index contributed by atoms with van der Waals surface area (Å²) in [6, 6.07) is 0. The van der Waals surface area contributed by atoms with Crippen molar-refractivity contribution in [1.82, 2.24) is 5.16 Å². The van der Waals surface area contributed by atoms with Gasteiger partial charge in [-0.15, -0.1) is 0 Å². The van der Waals surface area contributed by atoms with Gasteiger partial charge >= 0.3 is 5.97 Å². The average Bonchev–Trinajstić information content (AvgIpc) is 2.35. The van der Waals surface area contributed by atoms with Crippen molar-refractivity contribution >= 4 is 5.97 Å². The summed E-state index contributed by atoms with van der Waals surface area (Å²) in [7, 11) is 0. The topological polar surface area (TPSA) is 83.6 Å². The van der Waals surface area contributed by atoms with E-state index < -0.39 is 12.1 Å². The summed E-state index contributed by atoms with van der Waals surface area (Å²) < 4.78 is 4.82. The first-order valence-electron chi connectivity index (χ1n) is 3.85. The largest absolute Gasteiger partial charge is 0.479 e. The highest BCUT2D eigenvalue weighted by Crippen LogP contribution is 2.14. The Balaban J connectivity index is 2.79. The number of rotatable bonds is 3. The number of carboxylic acid groups (broad SMARTS) is 1. The minimum atomic E-state index is -1.39. The lowest BCUT2D eigenvalue weighted by molar-refractivity contribution is -0.146. The normalized spacial score (nSPS) is 12.8. The molecule has 1 aromatic heterocycles. The molecule has 0 aliphatic heterocycles. The summed E-state index contributed by atoms with van der Waals surface area (Å²) in [4.78, 5) is 10.3. The fourth-order valence-electron chi connectivity index (χ4n) is 1.07. The predicted octanol–water partition coefficient (Wildman–Crippen LogP) is 0.279. The molecule has 1 unspecified atom stereocenters.